The molecule has 0 bridgehead atoms. The van der Waals surface area contributed by atoms with E-state index in [0.29, 0.717) is 0 Å². The molecule has 0 atom stereocenters. The van der Waals surface area contributed by atoms with Gasteiger partial charge in [-0.15, -0.1) is 0 Å². The Morgan fingerprint density at radius 2 is 2.00 bits per heavy atom. The lowest BCUT2D eigenvalue weighted by atomic mass is 10.0. The van der Waals surface area contributed by atoms with Crippen LogP contribution in [-0.4, -0.2) is 40.5 Å². The number of aliphatic carboxylic acids is 1. The van der Waals surface area contributed by atoms with Crippen molar-refractivity contribution in [3.05, 3.63) is 41.7 Å². The van der Waals surface area contributed by atoms with Gasteiger partial charge in [-0.3, -0.25) is 14.6 Å². The number of likely N-dealkylation sites (N-methyl/N-ethyl adjacent to an activating group) is 1. The Bertz CT molecular complexity index is 652. The smallest absolute Gasteiger partial charge is 0.323 e. The van der Waals surface area contributed by atoms with E-state index < -0.39 is 11.9 Å². The number of fused-ring (bicyclic) bond motifs is 1. The molecule has 0 aliphatic carbocycles. The van der Waals surface area contributed by atoms with Crippen LogP contribution in [0.15, 0.2) is 30.5 Å². The molecule has 5 nitrogen and oxygen atoms in total. The summed E-state index contributed by atoms with van der Waals surface area (Å²) < 4.78 is 0. The summed E-state index contributed by atoms with van der Waals surface area (Å²) in [6.45, 7) is 1.61. The molecule has 0 fully saturated rings. The summed E-state index contributed by atoms with van der Waals surface area (Å²) in [5.41, 5.74) is 1.33. The van der Waals surface area contributed by atoms with Crippen LogP contribution in [0.4, 0.5) is 0 Å². The number of rotatable bonds is 3. The second-order valence-corrected chi connectivity index (χ2v) is 4.38. The number of amides is 1. The third-order valence-corrected chi connectivity index (χ3v) is 2.95. The van der Waals surface area contributed by atoms with E-state index in [2.05, 4.69) is 4.98 Å². The van der Waals surface area contributed by atoms with Gasteiger partial charge in [0.15, 0.2) is 0 Å². The molecule has 98 valence electrons. The van der Waals surface area contributed by atoms with Crippen molar-refractivity contribution in [3.8, 4) is 0 Å². The number of carbonyl (C=O) groups excluding carboxylic acids is 1. The van der Waals surface area contributed by atoms with Crippen molar-refractivity contribution in [2.45, 2.75) is 6.92 Å². The zero-order valence-corrected chi connectivity index (χ0v) is 10.8. The Morgan fingerprint density at radius 3 is 2.68 bits per heavy atom. The molecule has 5 heteroatoms. The molecule has 0 unspecified atom stereocenters. The molecule has 19 heavy (non-hydrogen) atoms. The van der Waals surface area contributed by atoms with Crippen molar-refractivity contribution < 1.29 is 14.7 Å². The summed E-state index contributed by atoms with van der Waals surface area (Å²) in [6.07, 6.45) is 1.57. The summed E-state index contributed by atoms with van der Waals surface area (Å²) in [5.74, 6) is -1.44. The molecule has 1 aromatic carbocycles. The fourth-order valence-corrected chi connectivity index (χ4v) is 1.99. The summed E-state index contributed by atoms with van der Waals surface area (Å²) in [5, 5.41) is 10.4. The zero-order valence-electron chi connectivity index (χ0n) is 10.8. The van der Waals surface area contributed by atoms with Gasteiger partial charge < -0.3 is 10.0 Å². The second kappa shape index (κ2) is 5.06. The summed E-state index contributed by atoms with van der Waals surface area (Å²) >= 11 is 0. The highest BCUT2D eigenvalue weighted by Crippen LogP contribution is 2.21. The molecule has 1 aromatic heterocycles. The molecule has 0 radical (unpaired) electrons. The topological polar surface area (TPSA) is 70.5 Å². The van der Waals surface area contributed by atoms with Crippen LogP contribution in [-0.2, 0) is 4.79 Å². The molecule has 1 heterocycles. The number of nitrogens with zero attached hydrogens (tertiary/aromatic N) is 2. The van der Waals surface area contributed by atoms with E-state index >= 15 is 0 Å². The minimum absolute atomic E-state index is 0.282. The maximum absolute atomic E-state index is 12.2. The maximum Gasteiger partial charge on any atom is 0.323 e. The van der Waals surface area contributed by atoms with Crippen molar-refractivity contribution in [1.29, 1.82) is 0 Å². The van der Waals surface area contributed by atoms with Gasteiger partial charge in [0.2, 0.25) is 0 Å². The molecule has 0 saturated heterocycles. The monoisotopic (exact) mass is 258 g/mol. The molecule has 0 aliphatic heterocycles. The van der Waals surface area contributed by atoms with E-state index in [1.54, 1.807) is 6.20 Å². The van der Waals surface area contributed by atoms with Crippen molar-refractivity contribution in [1.82, 2.24) is 9.88 Å². The molecule has 1 N–H and O–H groups in total. The van der Waals surface area contributed by atoms with Gasteiger partial charge in [-0.2, -0.15) is 0 Å². The molecular weight excluding hydrogens is 244 g/mol. The Labute approximate surface area is 110 Å². The Kier molecular flexibility index (Phi) is 3.46. The first-order valence-electron chi connectivity index (χ1n) is 5.82. The first-order chi connectivity index (χ1) is 9.00. The third-order valence-electron chi connectivity index (χ3n) is 2.95. The van der Waals surface area contributed by atoms with E-state index in [4.69, 9.17) is 5.11 Å². The second-order valence-electron chi connectivity index (χ2n) is 4.38. The van der Waals surface area contributed by atoms with Gasteiger partial charge in [0.25, 0.3) is 5.91 Å². The highest BCUT2D eigenvalue weighted by Gasteiger charge is 2.18. The maximum atomic E-state index is 12.2. The number of carbonyl (C=O) groups is 2. The standard InChI is InChI=1S/C14H14N2O3/c1-9-4-3-5-11-10(9)6-7-15-13(11)14(19)16(2)8-12(17)18/h3-7H,8H2,1-2H3,(H,17,18). The van der Waals surface area contributed by atoms with Crippen molar-refractivity contribution in [3.63, 3.8) is 0 Å². The summed E-state index contributed by atoms with van der Waals surface area (Å²) in [6, 6.07) is 7.47. The van der Waals surface area contributed by atoms with Crippen molar-refractivity contribution in [2.24, 2.45) is 0 Å². The summed E-state index contributed by atoms with van der Waals surface area (Å²) in [7, 11) is 1.45. The van der Waals surface area contributed by atoms with E-state index in [-0.39, 0.29) is 12.2 Å². The largest absolute Gasteiger partial charge is 0.480 e. The highest BCUT2D eigenvalue weighted by molar-refractivity contribution is 6.06. The average Bonchev–Trinajstić information content (AvgIpc) is 2.37. The van der Waals surface area contributed by atoms with Gasteiger partial charge in [0, 0.05) is 18.6 Å². The van der Waals surface area contributed by atoms with Crippen molar-refractivity contribution in [2.75, 3.05) is 13.6 Å². The molecule has 1 amide bonds. The van der Waals surface area contributed by atoms with Crippen LogP contribution in [0, 0.1) is 6.92 Å². The molecule has 0 spiro atoms. The van der Waals surface area contributed by atoms with Gasteiger partial charge in [-0.25, -0.2) is 0 Å². The average molecular weight is 258 g/mol. The van der Waals surface area contributed by atoms with Crippen LogP contribution in [0.2, 0.25) is 0 Å². The van der Waals surface area contributed by atoms with Gasteiger partial charge in [0.05, 0.1) is 0 Å². The minimum atomic E-state index is -1.05. The lowest BCUT2D eigenvalue weighted by molar-refractivity contribution is -0.137. The molecule has 2 rings (SSSR count). The number of aryl methyl sites for hydroxylation is 1. The third kappa shape index (κ3) is 2.54. The van der Waals surface area contributed by atoms with Crippen LogP contribution in [0.3, 0.4) is 0 Å². The van der Waals surface area contributed by atoms with E-state index in [9.17, 15) is 9.59 Å². The number of carboxylic acid groups (broad SMARTS) is 1. The Hall–Kier alpha value is -2.43. The first-order valence-corrected chi connectivity index (χ1v) is 5.82. The quantitative estimate of drug-likeness (QED) is 0.909. The van der Waals surface area contributed by atoms with Gasteiger partial charge >= 0.3 is 5.97 Å². The number of carboxylic acids is 1. The van der Waals surface area contributed by atoms with Gasteiger partial charge in [0.1, 0.15) is 12.2 Å². The van der Waals surface area contributed by atoms with Crippen LogP contribution in [0.25, 0.3) is 10.8 Å². The van der Waals surface area contributed by atoms with Crippen LogP contribution >= 0.6 is 0 Å². The Morgan fingerprint density at radius 1 is 1.26 bits per heavy atom. The number of hydrogen-bond acceptors (Lipinski definition) is 3. The predicted octanol–water partition coefficient (Wildman–Crippen LogP) is 1.70. The lowest BCUT2D eigenvalue weighted by Crippen LogP contribution is -2.32. The fraction of sp³-hybridized carbons (Fsp3) is 0.214. The number of benzene rings is 1. The fourth-order valence-electron chi connectivity index (χ4n) is 1.99. The molecular formula is C14H14N2O3. The Balaban J connectivity index is 2.48. The van der Waals surface area contributed by atoms with Gasteiger partial charge in [-0.05, 0) is 23.9 Å². The van der Waals surface area contributed by atoms with Gasteiger partial charge in [-0.1, -0.05) is 18.2 Å². The van der Waals surface area contributed by atoms with Crippen LogP contribution < -0.4 is 0 Å². The van der Waals surface area contributed by atoms with E-state index in [1.165, 1.54) is 7.05 Å². The van der Waals surface area contributed by atoms with E-state index in [1.807, 2.05) is 31.2 Å². The summed E-state index contributed by atoms with van der Waals surface area (Å²) in [4.78, 5) is 28.1. The SMILES string of the molecule is Cc1cccc2c(C(=O)N(C)CC(=O)O)nccc12. The highest BCUT2D eigenvalue weighted by atomic mass is 16.4. The number of pyridine rings is 1. The first kappa shape index (κ1) is 13.0. The van der Waals surface area contributed by atoms with Crippen LogP contribution in [0.5, 0.6) is 0 Å². The predicted molar refractivity (Wildman–Crippen MR) is 71.1 cm³/mol. The van der Waals surface area contributed by atoms with Crippen LogP contribution in [0.1, 0.15) is 16.1 Å². The zero-order chi connectivity index (χ0) is 14.0. The van der Waals surface area contributed by atoms with Crippen molar-refractivity contribution >= 4 is 22.6 Å². The number of hydrogen-bond donors (Lipinski definition) is 1. The normalized spacial score (nSPS) is 10.4. The molecule has 0 aliphatic rings. The van der Waals surface area contributed by atoms with E-state index in [0.717, 1.165) is 21.2 Å². The number of aromatic nitrogens is 1. The molecule has 2 aromatic rings. The lowest BCUT2D eigenvalue weighted by Gasteiger charge is -2.15. The minimum Gasteiger partial charge on any atom is -0.480 e. The molecule has 0 saturated carbocycles.